The van der Waals surface area contributed by atoms with Crippen molar-refractivity contribution in [3.8, 4) is 0 Å². The molecule has 0 spiro atoms. The lowest BCUT2D eigenvalue weighted by Gasteiger charge is -2.22. The summed E-state index contributed by atoms with van der Waals surface area (Å²) in [6, 6.07) is 7.85. The molecule has 2 heterocycles. The van der Waals surface area contributed by atoms with Gasteiger partial charge in [-0.15, -0.1) is 0 Å². The fraction of sp³-hybridized carbons (Fsp3) is 0.250. The predicted molar refractivity (Wildman–Crippen MR) is 84.1 cm³/mol. The van der Waals surface area contributed by atoms with Gasteiger partial charge in [-0.2, -0.15) is 0 Å². The molecule has 1 aromatic heterocycles. The Kier molecular flexibility index (Phi) is 3.48. The number of nitrogens with two attached hydrogens (primary N) is 1. The van der Waals surface area contributed by atoms with E-state index in [0.29, 0.717) is 12.1 Å². The van der Waals surface area contributed by atoms with E-state index in [0.717, 1.165) is 28.9 Å². The van der Waals surface area contributed by atoms with Crippen LogP contribution in [0.5, 0.6) is 0 Å². The molecule has 21 heavy (non-hydrogen) atoms. The van der Waals surface area contributed by atoms with E-state index < -0.39 is 0 Å². The van der Waals surface area contributed by atoms with Crippen molar-refractivity contribution in [2.45, 2.75) is 25.8 Å². The summed E-state index contributed by atoms with van der Waals surface area (Å²) in [7, 11) is 0. The van der Waals surface area contributed by atoms with Crippen LogP contribution in [0.4, 0.5) is 17.1 Å². The first-order valence-corrected chi connectivity index (χ1v) is 7.02. The zero-order valence-corrected chi connectivity index (χ0v) is 11.9. The van der Waals surface area contributed by atoms with Gasteiger partial charge in [-0.05, 0) is 42.7 Å². The zero-order chi connectivity index (χ0) is 14.8. The van der Waals surface area contributed by atoms with E-state index in [9.17, 15) is 4.79 Å². The lowest BCUT2D eigenvalue weighted by molar-refractivity contribution is -0.116. The van der Waals surface area contributed by atoms with Gasteiger partial charge in [0.25, 0.3) is 0 Å². The van der Waals surface area contributed by atoms with Gasteiger partial charge in [0.1, 0.15) is 0 Å². The second kappa shape index (κ2) is 5.44. The fourth-order valence-electron chi connectivity index (χ4n) is 2.52. The molecule has 0 bridgehead atoms. The van der Waals surface area contributed by atoms with E-state index >= 15 is 0 Å². The van der Waals surface area contributed by atoms with E-state index in [2.05, 4.69) is 22.5 Å². The summed E-state index contributed by atoms with van der Waals surface area (Å²) in [5.74, 6) is 0.0542. The van der Waals surface area contributed by atoms with E-state index in [1.54, 1.807) is 6.20 Å². The molecule has 0 aliphatic carbocycles. The number of fused-ring (bicyclic) bond motifs is 1. The number of carbonyl (C=O) groups excluding carboxylic acids is 1. The number of rotatable bonds is 3. The van der Waals surface area contributed by atoms with Crippen LogP contribution in [0.25, 0.3) is 0 Å². The van der Waals surface area contributed by atoms with E-state index in [-0.39, 0.29) is 11.9 Å². The van der Waals surface area contributed by atoms with Gasteiger partial charge in [0.15, 0.2) is 0 Å². The van der Waals surface area contributed by atoms with Gasteiger partial charge >= 0.3 is 0 Å². The highest BCUT2D eigenvalue weighted by atomic mass is 16.1. The molecule has 4 N–H and O–H groups in total. The van der Waals surface area contributed by atoms with Gasteiger partial charge in [-0.25, -0.2) is 0 Å². The third kappa shape index (κ3) is 2.81. The molecule has 1 amide bonds. The van der Waals surface area contributed by atoms with Crippen LogP contribution in [0.15, 0.2) is 36.7 Å². The highest BCUT2D eigenvalue weighted by Gasteiger charge is 2.17. The summed E-state index contributed by atoms with van der Waals surface area (Å²) in [6.45, 7) is 2.05. The zero-order valence-electron chi connectivity index (χ0n) is 11.9. The normalized spacial score (nSPS) is 15.0. The van der Waals surface area contributed by atoms with Gasteiger partial charge in [-0.1, -0.05) is 6.07 Å². The minimum atomic E-state index is 0.0542. The molecular formula is C16H18N4O. The number of hydrogen-bond donors (Lipinski definition) is 3. The summed E-state index contributed by atoms with van der Waals surface area (Å²) in [6.07, 6.45) is 4.84. The Hall–Kier alpha value is -2.56. The fourth-order valence-corrected chi connectivity index (χ4v) is 2.52. The Bertz CT molecular complexity index is 669. The lowest BCUT2D eigenvalue weighted by atomic mass is 10.0. The maximum Gasteiger partial charge on any atom is 0.224 e. The molecule has 5 nitrogen and oxygen atoms in total. The van der Waals surface area contributed by atoms with Crippen molar-refractivity contribution in [1.29, 1.82) is 0 Å². The van der Waals surface area contributed by atoms with E-state index in [1.165, 1.54) is 0 Å². The summed E-state index contributed by atoms with van der Waals surface area (Å²) in [5.41, 5.74) is 10.7. The Labute approximate surface area is 123 Å². The number of carbonyl (C=O) groups is 1. The quantitative estimate of drug-likeness (QED) is 0.756. The number of hydrogen-bond acceptors (Lipinski definition) is 4. The minimum Gasteiger partial charge on any atom is -0.397 e. The molecule has 1 aromatic carbocycles. The maximum absolute atomic E-state index is 11.5. The maximum atomic E-state index is 11.5. The van der Waals surface area contributed by atoms with Crippen LogP contribution in [0.2, 0.25) is 0 Å². The molecular weight excluding hydrogens is 264 g/mol. The number of aryl methyl sites for hydroxylation is 1. The third-order valence-corrected chi connectivity index (χ3v) is 3.73. The van der Waals surface area contributed by atoms with Crippen LogP contribution in [0, 0.1) is 0 Å². The average molecular weight is 282 g/mol. The Morgan fingerprint density at radius 3 is 3.00 bits per heavy atom. The average Bonchev–Trinajstić information content (AvgIpc) is 2.49. The number of benzene rings is 1. The predicted octanol–water partition coefficient (Wildman–Crippen LogP) is 2.72. The Balaban J connectivity index is 1.86. The molecule has 1 atom stereocenters. The molecule has 2 aromatic rings. The molecule has 0 saturated carbocycles. The van der Waals surface area contributed by atoms with Crippen molar-refractivity contribution in [2.24, 2.45) is 0 Å². The first-order chi connectivity index (χ1) is 10.1. The number of pyridine rings is 1. The molecule has 108 valence electrons. The van der Waals surface area contributed by atoms with Crippen LogP contribution in [0.1, 0.15) is 30.5 Å². The van der Waals surface area contributed by atoms with Crippen molar-refractivity contribution in [3.05, 3.63) is 47.8 Å². The first-order valence-electron chi connectivity index (χ1n) is 7.02. The third-order valence-electron chi connectivity index (χ3n) is 3.73. The van der Waals surface area contributed by atoms with Crippen LogP contribution >= 0.6 is 0 Å². The molecule has 1 aliphatic heterocycles. The SMILES string of the molecule is CC(Nc1cc2c(cc1N)CCC(=O)N2)c1cccnc1. The second-order valence-electron chi connectivity index (χ2n) is 5.30. The van der Waals surface area contributed by atoms with Gasteiger partial charge in [0.05, 0.1) is 17.4 Å². The lowest BCUT2D eigenvalue weighted by Crippen LogP contribution is -2.19. The summed E-state index contributed by atoms with van der Waals surface area (Å²) in [5, 5.41) is 6.27. The monoisotopic (exact) mass is 282 g/mol. The Morgan fingerprint density at radius 2 is 2.24 bits per heavy atom. The van der Waals surface area contributed by atoms with Gasteiger partial charge in [0.2, 0.25) is 5.91 Å². The first kappa shape index (κ1) is 13.4. The van der Waals surface area contributed by atoms with Crippen LogP contribution < -0.4 is 16.4 Å². The molecule has 1 unspecified atom stereocenters. The van der Waals surface area contributed by atoms with Crippen LogP contribution in [-0.4, -0.2) is 10.9 Å². The summed E-state index contributed by atoms with van der Waals surface area (Å²) < 4.78 is 0. The van der Waals surface area contributed by atoms with Crippen molar-refractivity contribution in [1.82, 2.24) is 4.98 Å². The number of nitrogens with zero attached hydrogens (tertiary/aromatic N) is 1. The number of amides is 1. The van der Waals surface area contributed by atoms with E-state index in [4.69, 9.17) is 5.73 Å². The summed E-state index contributed by atoms with van der Waals surface area (Å²) in [4.78, 5) is 15.6. The molecule has 0 saturated heterocycles. The van der Waals surface area contributed by atoms with Gasteiger partial charge in [-0.3, -0.25) is 9.78 Å². The van der Waals surface area contributed by atoms with Crippen molar-refractivity contribution in [2.75, 3.05) is 16.4 Å². The molecule has 5 heteroatoms. The highest BCUT2D eigenvalue weighted by molar-refractivity contribution is 5.95. The van der Waals surface area contributed by atoms with Crippen LogP contribution in [-0.2, 0) is 11.2 Å². The summed E-state index contributed by atoms with van der Waals surface area (Å²) >= 11 is 0. The van der Waals surface area contributed by atoms with Crippen molar-refractivity contribution in [3.63, 3.8) is 0 Å². The van der Waals surface area contributed by atoms with Gasteiger partial charge in [0, 0.05) is 24.5 Å². The Morgan fingerprint density at radius 1 is 1.38 bits per heavy atom. The number of aromatic nitrogens is 1. The van der Waals surface area contributed by atoms with Crippen molar-refractivity contribution >= 4 is 23.0 Å². The standard InChI is InChI=1S/C16H18N4O/c1-10(12-3-2-6-18-9-12)19-15-8-14-11(7-13(15)17)4-5-16(21)20-14/h2-3,6-10,19H,4-5,17H2,1H3,(H,20,21). The number of nitrogens with one attached hydrogen (secondary N) is 2. The number of nitrogen functional groups attached to an aromatic ring is 1. The molecule has 1 aliphatic rings. The smallest absolute Gasteiger partial charge is 0.224 e. The molecule has 3 rings (SSSR count). The largest absolute Gasteiger partial charge is 0.397 e. The topological polar surface area (TPSA) is 80.0 Å². The number of anilines is 3. The van der Waals surface area contributed by atoms with Crippen molar-refractivity contribution < 1.29 is 4.79 Å². The van der Waals surface area contributed by atoms with Gasteiger partial charge < -0.3 is 16.4 Å². The molecule has 0 radical (unpaired) electrons. The van der Waals surface area contributed by atoms with E-state index in [1.807, 2.05) is 30.5 Å². The highest BCUT2D eigenvalue weighted by Crippen LogP contribution is 2.32. The minimum absolute atomic E-state index is 0.0542. The van der Waals surface area contributed by atoms with Crippen LogP contribution in [0.3, 0.4) is 0 Å². The second-order valence-corrected chi connectivity index (χ2v) is 5.30. The molecule has 0 fully saturated rings.